The van der Waals surface area contributed by atoms with E-state index >= 15 is 0 Å². The highest BCUT2D eigenvalue weighted by Crippen LogP contribution is 2.21. The van der Waals surface area contributed by atoms with E-state index in [1.165, 1.54) is 31.0 Å². The molecule has 0 bridgehead atoms. The van der Waals surface area contributed by atoms with Gasteiger partial charge in [0.15, 0.2) is 0 Å². The van der Waals surface area contributed by atoms with Gasteiger partial charge in [0.1, 0.15) is 11.6 Å². The molecule has 0 saturated carbocycles. The average molecular weight is 364 g/mol. The van der Waals surface area contributed by atoms with Crippen LogP contribution in [0, 0.1) is 5.82 Å². The van der Waals surface area contributed by atoms with Gasteiger partial charge in [0.2, 0.25) is 0 Å². The summed E-state index contributed by atoms with van der Waals surface area (Å²) in [6, 6.07) is 7.71. The van der Waals surface area contributed by atoms with Crippen LogP contribution in [-0.2, 0) is 0 Å². The third-order valence-corrected chi connectivity index (χ3v) is 4.30. The number of carbonyl (C=O) groups is 1. The van der Waals surface area contributed by atoms with Crippen molar-refractivity contribution in [1.82, 2.24) is 4.98 Å². The Bertz CT molecular complexity index is 684. The number of nitrogens with zero attached hydrogens (tertiary/aromatic N) is 2. The first-order valence-corrected chi connectivity index (χ1v) is 7.90. The second-order valence-corrected chi connectivity index (χ2v) is 6.03. The molecule has 1 saturated heterocycles. The van der Waals surface area contributed by atoms with Gasteiger partial charge in [0.25, 0.3) is 5.91 Å². The van der Waals surface area contributed by atoms with Crippen LogP contribution in [0.3, 0.4) is 0 Å². The van der Waals surface area contributed by atoms with E-state index in [4.69, 9.17) is 0 Å². The molecular formula is C16H15BrFN3O. The lowest BCUT2D eigenvalue weighted by atomic mass is 10.2. The molecule has 1 amide bonds. The molecule has 6 heteroatoms. The number of carbonyl (C=O) groups excluding carboxylic acids is 1. The molecule has 0 radical (unpaired) electrons. The molecule has 3 rings (SSSR count). The van der Waals surface area contributed by atoms with Crippen molar-refractivity contribution in [1.29, 1.82) is 0 Å². The molecular weight excluding hydrogens is 349 g/mol. The van der Waals surface area contributed by atoms with Crippen molar-refractivity contribution in [2.24, 2.45) is 0 Å². The predicted octanol–water partition coefficient (Wildman–Crippen LogP) is 3.84. The van der Waals surface area contributed by atoms with E-state index in [1.807, 2.05) is 12.1 Å². The fraction of sp³-hybridized carbons (Fsp3) is 0.250. The number of benzene rings is 1. The number of hydrogen-bond acceptors (Lipinski definition) is 3. The quantitative estimate of drug-likeness (QED) is 0.900. The number of hydrogen-bond donors (Lipinski definition) is 1. The van der Waals surface area contributed by atoms with E-state index in [2.05, 4.69) is 31.1 Å². The van der Waals surface area contributed by atoms with Gasteiger partial charge in [-0.05, 0) is 59.1 Å². The van der Waals surface area contributed by atoms with Crippen LogP contribution in [-0.4, -0.2) is 24.0 Å². The molecule has 1 fully saturated rings. The number of pyridine rings is 1. The van der Waals surface area contributed by atoms with Gasteiger partial charge in [0.05, 0.1) is 17.4 Å². The fourth-order valence-electron chi connectivity index (χ4n) is 2.46. The number of rotatable bonds is 3. The van der Waals surface area contributed by atoms with Crippen molar-refractivity contribution >= 4 is 33.3 Å². The summed E-state index contributed by atoms with van der Waals surface area (Å²) >= 11 is 3.25. The molecule has 1 aromatic heterocycles. The molecule has 1 N–H and O–H groups in total. The van der Waals surface area contributed by atoms with Gasteiger partial charge in [-0.25, -0.2) is 9.37 Å². The van der Waals surface area contributed by atoms with Gasteiger partial charge in [0, 0.05) is 17.6 Å². The molecule has 22 heavy (non-hydrogen) atoms. The fourth-order valence-corrected chi connectivity index (χ4v) is 2.89. The zero-order valence-electron chi connectivity index (χ0n) is 11.9. The van der Waals surface area contributed by atoms with Crippen molar-refractivity contribution < 1.29 is 9.18 Å². The molecule has 2 heterocycles. The van der Waals surface area contributed by atoms with Gasteiger partial charge < -0.3 is 10.2 Å². The topological polar surface area (TPSA) is 45.2 Å². The van der Waals surface area contributed by atoms with Crippen LogP contribution in [0.5, 0.6) is 0 Å². The smallest absolute Gasteiger partial charge is 0.256 e. The van der Waals surface area contributed by atoms with E-state index < -0.39 is 5.82 Å². The summed E-state index contributed by atoms with van der Waals surface area (Å²) in [5, 5.41) is 2.73. The molecule has 0 unspecified atom stereocenters. The number of amides is 1. The molecule has 0 aliphatic carbocycles. The second-order valence-electron chi connectivity index (χ2n) is 5.18. The zero-order chi connectivity index (χ0) is 15.5. The minimum Gasteiger partial charge on any atom is -0.357 e. The van der Waals surface area contributed by atoms with Crippen LogP contribution in [0.15, 0.2) is 41.0 Å². The molecule has 2 aromatic rings. The molecule has 4 nitrogen and oxygen atoms in total. The summed E-state index contributed by atoms with van der Waals surface area (Å²) in [5.74, 6) is 0.0976. The standard InChI is InChI=1S/C16H15BrFN3O/c17-14-5-3-11(18)9-13(14)16(22)20-12-4-6-15(19-10-12)21-7-1-2-8-21/h3-6,9-10H,1-2,7-8H2,(H,20,22). The van der Waals surface area contributed by atoms with Gasteiger partial charge in [-0.2, -0.15) is 0 Å². The van der Waals surface area contributed by atoms with Crippen LogP contribution >= 0.6 is 15.9 Å². The number of nitrogens with one attached hydrogen (secondary N) is 1. The Morgan fingerprint density at radius 3 is 2.68 bits per heavy atom. The summed E-state index contributed by atoms with van der Waals surface area (Å²) in [6.07, 6.45) is 4.00. The molecule has 1 aliphatic heterocycles. The highest BCUT2D eigenvalue weighted by atomic mass is 79.9. The minimum atomic E-state index is -0.448. The van der Waals surface area contributed by atoms with Crippen LogP contribution in [0.25, 0.3) is 0 Å². The van der Waals surface area contributed by atoms with E-state index in [1.54, 1.807) is 6.20 Å². The van der Waals surface area contributed by atoms with Crippen molar-refractivity contribution in [2.45, 2.75) is 12.8 Å². The summed E-state index contributed by atoms with van der Waals surface area (Å²) in [4.78, 5) is 18.8. The van der Waals surface area contributed by atoms with Gasteiger partial charge in [-0.3, -0.25) is 4.79 Å². The maximum atomic E-state index is 13.3. The molecule has 1 aliphatic rings. The monoisotopic (exact) mass is 363 g/mol. The van der Waals surface area contributed by atoms with E-state index in [0.717, 1.165) is 18.9 Å². The largest absolute Gasteiger partial charge is 0.357 e. The average Bonchev–Trinajstić information content (AvgIpc) is 3.05. The lowest BCUT2D eigenvalue weighted by Gasteiger charge is -2.16. The molecule has 0 spiro atoms. The number of halogens is 2. The van der Waals surface area contributed by atoms with Crippen LogP contribution in [0.4, 0.5) is 15.9 Å². The van der Waals surface area contributed by atoms with Crippen molar-refractivity contribution in [3.8, 4) is 0 Å². The highest BCUT2D eigenvalue weighted by molar-refractivity contribution is 9.10. The van der Waals surface area contributed by atoms with Crippen molar-refractivity contribution in [3.63, 3.8) is 0 Å². The normalized spacial score (nSPS) is 14.2. The Labute approximate surface area is 136 Å². The molecule has 0 atom stereocenters. The number of anilines is 2. The van der Waals surface area contributed by atoms with E-state index in [9.17, 15) is 9.18 Å². The third-order valence-electron chi connectivity index (χ3n) is 3.61. The Morgan fingerprint density at radius 2 is 2.00 bits per heavy atom. The lowest BCUT2D eigenvalue weighted by Crippen LogP contribution is -2.19. The molecule has 114 valence electrons. The minimum absolute atomic E-state index is 0.253. The SMILES string of the molecule is O=C(Nc1ccc(N2CCCC2)nc1)c1cc(F)ccc1Br. The van der Waals surface area contributed by atoms with Crippen LogP contribution < -0.4 is 10.2 Å². The molecule has 1 aromatic carbocycles. The summed E-state index contributed by atoms with van der Waals surface area (Å²) in [7, 11) is 0. The predicted molar refractivity (Wildman–Crippen MR) is 87.7 cm³/mol. The first-order chi connectivity index (χ1) is 10.6. The van der Waals surface area contributed by atoms with Gasteiger partial charge >= 0.3 is 0 Å². The number of aromatic nitrogens is 1. The maximum absolute atomic E-state index is 13.3. The van der Waals surface area contributed by atoms with Gasteiger partial charge in [-0.1, -0.05) is 0 Å². The Hall–Kier alpha value is -1.95. The first kappa shape index (κ1) is 15.0. The van der Waals surface area contributed by atoms with Gasteiger partial charge in [-0.15, -0.1) is 0 Å². The van der Waals surface area contributed by atoms with Crippen molar-refractivity contribution in [2.75, 3.05) is 23.3 Å². The van der Waals surface area contributed by atoms with E-state index in [-0.39, 0.29) is 11.5 Å². The second kappa shape index (κ2) is 6.44. The lowest BCUT2D eigenvalue weighted by molar-refractivity contribution is 0.102. The highest BCUT2D eigenvalue weighted by Gasteiger charge is 2.14. The van der Waals surface area contributed by atoms with Crippen LogP contribution in [0.1, 0.15) is 23.2 Å². The Morgan fingerprint density at radius 1 is 1.23 bits per heavy atom. The summed E-state index contributed by atoms with van der Waals surface area (Å²) in [6.45, 7) is 2.05. The first-order valence-electron chi connectivity index (χ1n) is 7.11. The summed E-state index contributed by atoms with van der Waals surface area (Å²) in [5.41, 5.74) is 0.840. The van der Waals surface area contributed by atoms with E-state index in [0.29, 0.717) is 10.2 Å². The Kier molecular flexibility index (Phi) is 4.38. The summed E-state index contributed by atoms with van der Waals surface area (Å²) < 4.78 is 13.8. The third kappa shape index (κ3) is 3.27. The maximum Gasteiger partial charge on any atom is 0.256 e. The zero-order valence-corrected chi connectivity index (χ0v) is 13.4. The van der Waals surface area contributed by atoms with Crippen molar-refractivity contribution in [3.05, 3.63) is 52.4 Å². The Balaban J connectivity index is 1.72. The van der Waals surface area contributed by atoms with Crippen LogP contribution in [0.2, 0.25) is 0 Å².